The number of carbonyl (C=O) groups is 1. The van der Waals surface area contributed by atoms with Crippen LogP contribution >= 0.6 is 35.2 Å². The van der Waals surface area contributed by atoms with Crippen LogP contribution < -0.4 is 10.6 Å². The first-order valence-electron chi connectivity index (χ1n) is 11.5. The van der Waals surface area contributed by atoms with Gasteiger partial charge in [-0.05, 0) is 68.9 Å². The van der Waals surface area contributed by atoms with Gasteiger partial charge in [0.15, 0.2) is 5.11 Å². The van der Waals surface area contributed by atoms with Crippen LogP contribution in [0.3, 0.4) is 0 Å². The molecule has 0 saturated heterocycles. The standard InChI is InChI=1S/C25H29ClN4O2S2/c1-15-22(16(2)30(29-15)14-17-10-8-9-12-19(17)26)27-25(33)28-23-21(24(31)32-3)18-11-6-4-5-7-13-20(18)34-23/h8-10,12H,4-7,11,13-14H2,1-3H3,(H2,27,28,33). The van der Waals surface area contributed by atoms with Gasteiger partial charge in [-0.2, -0.15) is 5.10 Å². The highest BCUT2D eigenvalue weighted by Crippen LogP contribution is 2.37. The number of rotatable bonds is 5. The van der Waals surface area contributed by atoms with Gasteiger partial charge in [0.25, 0.3) is 0 Å². The zero-order valence-electron chi connectivity index (χ0n) is 19.7. The molecule has 34 heavy (non-hydrogen) atoms. The molecule has 2 N–H and O–H groups in total. The molecular formula is C25H29ClN4O2S2. The molecule has 1 aromatic carbocycles. The Hall–Kier alpha value is -2.42. The maximum atomic E-state index is 12.7. The zero-order valence-corrected chi connectivity index (χ0v) is 22.1. The maximum absolute atomic E-state index is 12.7. The van der Waals surface area contributed by atoms with E-state index in [-0.39, 0.29) is 5.97 Å². The van der Waals surface area contributed by atoms with Gasteiger partial charge in [0.2, 0.25) is 0 Å². The fourth-order valence-corrected chi connectivity index (χ4v) is 6.14. The number of carbonyl (C=O) groups excluding carboxylic acids is 1. The summed E-state index contributed by atoms with van der Waals surface area (Å²) >= 11 is 13.6. The molecule has 1 aliphatic carbocycles. The second kappa shape index (κ2) is 10.9. The Balaban J connectivity index is 1.55. The van der Waals surface area contributed by atoms with E-state index < -0.39 is 0 Å². The van der Waals surface area contributed by atoms with Crippen molar-refractivity contribution in [3.63, 3.8) is 0 Å². The molecule has 0 fully saturated rings. The van der Waals surface area contributed by atoms with Crippen LogP contribution in [0.1, 0.15) is 63.4 Å². The molecule has 0 saturated carbocycles. The SMILES string of the molecule is COC(=O)c1c(NC(=S)Nc2c(C)nn(Cc3ccccc3Cl)c2C)sc2c1CCCCCC2. The third kappa shape index (κ3) is 5.29. The smallest absolute Gasteiger partial charge is 0.341 e. The van der Waals surface area contributed by atoms with Crippen molar-refractivity contribution in [2.24, 2.45) is 0 Å². The number of aromatic nitrogens is 2. The first kappa shape index (κ1) is 24.7. The molecule has 180 valence electrons. The summed E-state index contributed by atoms with van der Waals surface area (Å²) in [5.41, 5.74) is 5.37. The van der Waals surface area contributed by atoms with Crippen molar-refractivity contribution >= 4 is 56.9 Å². The number of nitrogens with zero attached hydrogens (tertiary/aromatic N) is 2. The van der Waals surface area contributed by atoms with Crippen LogP contribution in [-0.2, 0) is 24.1 Å². The third-order valence-corrected chi connectivity index (χ3v) is 7.97. The Labute approximate surface area is 214 Å². The number of methoxy groups -OCH3 is 1. The number of fused-ring (bicyclic) bond motifs is 1. The number of thiophene rings is 1. The molecule has 3 aromatic rings. The van der Waals surface area contributed by atoms with E-state index in [1.165, 1.54) is 24.8 Å². The van der Waals surface area contributed by atoms with Crippen LogP contribution in [0.25, 0.3) is 0 Å². The van der Waals surface area contributed by atoms with Crippen molar-refractivity contribution in [1.82, 2.24) is 9.78 Å². The van der Waals surface area contributed by atoms with Crippen molar-refractivity contribution in [1.29, 1.82) is 0 Å². The van der Waals surface area contributed by atoms with E-state index in [9.17, 15) is 4.79 Å². The number of esters is 1. The van der Waals surface area contributed by atoms with E-state index in [1.54, 1.807) is 11.3 Å². The molecule has 9 heteroatoms. The van der Waals surface area contributed by atoms with Gasteiger partial charge in [0.05, 0.1) is 36.3 Å². The van der Waals surface area contributed by atoms with Crippen molar-refractivity contribution in [2.75, 3.05) is 17.7 Å². The largest absolute Gasteiger partial charge is 0.465 e. The lowest BCUT2D eigenvalue weighted by molar-refractivity contribution is 0.0601. The molecule has 0 spiro atoms. The summed E-state index contributed by atoms with van der Waals surface area (Å²) in [5, 5.41) is 13.1. The number of aryl methyl sites for hydroxylation is 2. The summed E-state index contributed by atoms with van der Waals surface area (Å²) in [5.74, 6) is -0.316. The van der Waals surface area contributed by atoms with Crippen molar-refractivity contribution in [2.45, 2.75) is 58.9 Å². The molecule has 0 amide bonds. The molecule has 0 radical (unpaired) electrons. The van der Waals surface area contributed by atoms with Crippen molar-refractivity contribution < 1.29 is 9.53 Å². The van der Waals surface area contributed by atoms with Gasteiger partial charge in [-0.1, -0.05) is 42.6 Å². The summed E-state index contributed by atoms with van der Waals surface area (Å²) < 4.78 is 7.04. The van der Waals surface area contributed by atoms with Crippen molar-refractivity contribution in [3.05, 3.63) is 62.2 Å². The monoisotopic (exact) mass is 516 g/mol. The molecule has 6 nitrogen and oxygen atoms in total. The van der Waals surface area contributed by atoms with Gasteiger partial charge in [-0.15, -0.1) is 11.3 Å². The number of hydrogen-bond acceptors (Lipinski definition) is 5. The minimum absolute atomic E-state index is 0.316. The number of hydrogen-bond donors (Lipinski definition) is 2. The van der Waals surface area contributed by atoms with Crippen LogP contribution in [0.2, 0.25) is 5.02 Å². The van der Waals surface area contributed by atoms with E-state index in [4.69, 9.17) is 28.6 Å². The molecule has 1 aliphatic rings. The molecule has 0 atom stereocenters. The average molecular weight is 517 g/mol. The summed E-state index contributed by atoms with van der Waals surface area (Å²) in [6.07, 6.45) is 6.52. The van der Waals surface area contributed by atoms with Crippen molar-refractivity contribution in [3.8, 4) is 0 Å². The minimum Gasteiger partial charge on any atom is -0.465 e. The molecule has 0 unspecified atom stereocenters. The maximum Gasteiger partial charge on any atom is 0.341 e. The van der Waals surface area contributed by atoms with Gasteiger partial charge < -0.3 is 15.4 Å². The summed E-state index contributed by atoms with van der Waals surface area (Å²) in [7, 11) is 1.43. The van der Waals surface area contributed by atoms with E-state index in [1.807, 2.05) is 42.8 Å². The first-order chi connectivity index (χ1) is 16.4. The second-order valence-electron chi connectivity index (χ2n) is 8.49. The van der Waals surface area contributed by atoms with E-state index in [2.05, 4.69) is 15.7 Å². The summed E-state index contributed by atoms with van der Waals surface area (Å²) in [6.45, 7) is 4.51. The molecule has 2 aromatic heterocycles. The van der Waals surface area contributed by atoms with Crippen LogP contribution in [0, 0.1) is 13.8 Å². The number of benzene rings is 1. The quantitative estimate of drug-likeness (QED) is 0.297. The zero-order chi connectivity index (χ0) is 24.2. The first-order valence-corrected chi connectivity index (χ1v) is 13.1. The van der Waals surface area contributed by atoms with E-state index in [0.29, 0.717) is 22.2 Å². The minimum atomic E-state index is -0.316. The lowest BCUT2D eigenvalue weighted by Gasteiger charge is -2.12. The predicted molar refractivity (Wildman–Crippen MR) is 144 cm³/mol. The van der Waals surface area contributed by atoms with Gasteiger partial charge in [-0.3, -0.25) is 4.68 Å². The average Bonchev–Trinajstić information content (AvgIpc) is 3.25. The fraction of sp³-hybridized carbons (Fsp3) is 0.400. The predicted octanol–water partition coefficient (Wildman–Crippen LogP) is 6.52. The molecule has 0 aliphatic heterocycles. The molecule has 4 rings (SSSR count). The van der Waals surface area contributed by atoms with Gasteiger partial charge in [0.1, 0.15) is 5.00 Å². The lowest BCUT2D eigenvalue weighted by atomic mass is 9.96. The van der Waals surface area contributed by atoms with E-state index >= 15 is 0 Å². The second-order valence-corrected chi connectivity index (χ2v) is 10.4. The lowest BCUT2D eigenvalue weighted by Crippen LogP contribution is -2.21. The van der Waals surface area contributed by atoms with Gasteiger partial charge >= 0.3 is 5.97 Å². The molecule has 2 heterocycles. The summed E-state index contributed by atoms with van der Waals surface area (Å²) in [6, 6.07) is 7.76. The highest BCUT2D eigenvalue weighted by atomic mass is 35.5. The highest BCUT2D eigenvalue weighted by molar-refractivity contribution is 7.80. The number of halogens is 1. The number of anilines is 2. The topological polar surface area (TPSA) is 68.2 Å². The Bertz CT molecular complexity index is 1220. The van der Waals surface area contributed by atoms with Crippen LogP contribution in [0.4, 0.5) is 10.7 Å². The van der Waals surface area contributed by atoms with Crippen LogP contribution in [0.5, 0.6) is 0 Å². The number of thiocarbonyl (C=S) groups is 1. The van der Waals surface area contributed by atoms with Gasteiger partial charge in [0, 0.05) is 9.90 Å². The third-order valence-electron chi connectivity index (χ3n) is 6.19. The summed E-state index contributed by atoms with van der Waals surface area (Å²) in [4.78, 5) is 13.9. The Morgan fingerprint density at radius 1 is 1.18 bits per heavy atom. The number of nitrogens with one attached hydrogen (secondary N) is 2. The Morgan fingerprint density at radius 2 is 1.91 bits per heavy atom. The Morgan fingerprint density at radius 3 is 2.65 bits per heavy atom. The highest BCUT2D eigenvalue weighted by Gasteiger charge is 2.25. The van der Waals surface area contributed by atoms with Crippen LogP contribution in [-0.4, -0.2) is 28.0 Å². The normalized spacial score (nSPS) is 13.5. The van der Waals surface area contributed by atoms with E-state index in [0.717, 1.165) is 58.9 Å². The Kier molecular flexibility index (Phi) is 7.91. The number of ether oxygens (including phenoxy) is 1. The van der Waals surface area contributed by atoms with Gasteiger partial charge in [-0.25, -0.2) is 4.79 Å². The molecular weight excluding hydrogens is 488 g/mol. The fourth-order valence-electron chi connectivity index (χ4n) is 4.39. The van der Waals surface area contributed by atoms with Crippen LogP contribution in [0.15, 0.2) is 24.3 Å². The molecule has 0 bridgehead atoms.